The average molecular weight is 381 g/mol. The molecule has 0 aromatic carbocycles. The van der Waals surface area contributed by atoms with Gasteiger partial charge in [-0.15, -0.1) is 0 Å². The SMILES string of the molecule is CC(C)(C)OC(=O)NC12CCC(CNC(=O)CC3CCCCC3)(CC1)OC2. The zero-order valence-electron chi connectivity index (χ0n) is 17.2. The van der Waals surface area contributed by atoms with Gasteiger partial charge in [-0.3, -0.25) is 4.79 Å². The summed E-state index contributed by atoms with van der Waals surface area (Å²) in [5.74, 6) is 0.717. The van der Waals surface area contributed by atoms with Crippen molar-refractivity contribution in [2.24, 2.45) is 5.92 Å². The predicted octanol–water partition coefficient (Wildman–Crippen LogP) is 3.68. The van der Waals surface area contributed by atoms with Crippen LogP contribution >= 0.6 is 0 Å². The van der Waals surface area contributed by atoms with Crippen LogP contribution in [-0.2, 0) is 14.3 Å². The van der Waals surface area contributed by atoms with Crippen molar-refractivity contribution in [3.63, 3.8) is 0 Å². The number of fused-ring (bicyclic) bond motifs is 3. The molecule has 6 nitrogen and oxygen atoms in total. The van der Waals surface area contributed by atoms with Crippen LogP contribution in [0.4, 0.5) is 4.79 Å². The van der Waals surface area contributed by atoms with Crippen molar-refractivity contribution in [1.29, 1.82) is 0 Å². The van der Waals surface area contributed by atoms with Crippen LogP contribution in [0.25, 0.3) is 0 Å². The van der Waals surface area contributed by atoms with E-state index in [0.717, 1.165) is 25.7 Å². The first kappa shape index (κ1) is 20.4. The molecule has 0 spiro atoms. The zero-order valence-corrected chi connectivity index (χ0v) is 17.2. The lowest BCUT2D eigenvalue weighted by Crippen LogP contribution is -2.65. The number of ether oxygens (including phenoxy) is 2. The molecular formula is C21H36N2O4. The molecule has 2 saturated carbocycles. The lowest BCUT2D eigenvalue weighted by Gasteiger charge is -2.53. The Morgan fingerprint density at radius 1 is 1.07 bits per heavy atom. The van der Waals surface area contributed by atoms with Gasteiger partial charge in [-0.25, -0.2) is 4.79 Å². The van der Waals surface area contributed by atoms with Crippen molar-refractivity contribution < 1.29 is 19.1 Å². The molecule has 0 unspecified atom stereocenters. The first-order valence-electron chi connectivity index (χ1n) is 10.6. The summed E-state index contributed by atoms with van der Waals surface area (Å²) < 4.78 is 11.6. The van der Waals surface area contributed by atoms with Gasteiger partial charge in [-0.2, -0.15) is 0 Å². The Morgan fingerprint density at radius 2 is 1.74 bits per heavy atom. The molecule has 4 aliphatic rings. The Kier molecular flexibility index (Phi) is 6.04. The minimum Gasteiger partial charge on any atom is -0.444 e. The van der Waals surface area contributed by atoms with E-state index in [-0.39, 0.29) is 23.1 Å². The van der Waals surface area contributed by atoms with Crippen molar-refractivity contribution in [2.45, 2.75) is 102 Å². The molecule has 2 saturated heterocycles. The van der Waals surface area contributed by atoms with Crippen molar-refractivity contribution in [2.75, 3.05) is 13.2 Å². The van der Waals surface area contributed by atoms with Crippen LogP contribution in [0.5, 0.6) is 0 Å². The zero-order chi connectivity index (χ0) is 19.5. The van der Waals surface area contributed by atoms with E-state index >= 15 is 0 Å². The Balaban J connectivity index is 1.43. The lowest BCUT2D eigenvalue weighted by molar-refractivity contribution is -0.160. The molecule has 27 heavy (non-hydrogen) atoms. The third-order valence-corrected chi connectivity index (χ3v) is 6.35. The molecule has 154 valence electrons. The van der Waals surface area contributed by atoms with E-state index in [1.807, 2.05) is 20.8 Å². The lowest BCUT2D eigenvalue weighted by atomic mass is 9.71. The summed E-state index contributed by atoms with van der Waals surface area (Å²) in [5.41, 5.74) is -1.09. The van der Waals surface area contributed by atoms with Gasteiger partial charge in [-0.05, 0) is 65.2 Å². The van der Waals surface area contributed by atoms with E-state index in [4.69, 9.17) is 9.47 Å². The normalized spacial score (nSPS) is 31.4. The highest BCUT2D eigenvalue weighted by Crippen LogP contribution is 2.43. The maximum Gasteiger partial charge on any atom is 0.408 e. The van der Waals surface area contributed by atoms with E-state index in [0.29, 0.717) is 25.5 Å². The maximum absolute atomic E-state index is 12.3. The van der Waals surface area contributed by atoms with Gasteiger partial charge in [0.25, 0.3) is 0 Å². The van der Waals surface area contributed by atoms with Gasteiger partial charge in [0.2, 0.25) is 5.91 Å². The number of hydrogen-bond acceptors (Lipinski definition) is 4. The molecule has 6 heteroatoms. The number of carbonyl (C=O) groups is 2. The van der Waals surface area contributed by atoms with Gasteiger partial charge in [-0.1, -0.05) is 19.3 Å². The molecule has 2 aliphatic heterocycles. The number of alkyl carbamates (subject to hydrolysis) is 1. The molecule has 2 aliphatic carbocycles. The van der Waals surface area contributed by atoms with Gasteiger partial charge < -0.3 is 20.1 Å². The Hall–Kier alpha value is -1.30. The van der Waals surface area contributed by atoms with E-state index in [2.05, 4.69) is 10.6 Å². The van der Waals surface area contributed by atoms with Gasteiger partial charge in [0.15, 0.2) is 0 Å². The summed E-state index contributed by atoms with van der Waals surface area (Å²) in [6, 6.07) is 0. The van der Waals surface area contributed by atoms with Crippen LogP contribution in [0.2, 0.25) is 0 Å². The molecule has 0 radical (unpaired) electrons. The third kappa shape index (κ3) is 5.59. The monoisotopic (exact) mass is 380 g/mol. The third-order valence-electron chi connectivity index (χ3n) is 6.35. The molecule has 2 N–H and O–H groups in total. The quantitative estimate of drug-likeness (QED) is 0.763. The van der Waals surface area contributed by atoms with E-state index in [9.17, 15) is 9.59 Å². The molecule has 2 heterocycles. The fourth-order valence-electron chi connectivity index (χ4n) is 4.66. The van der Waals surface area contributed by atoms with Crippen LogP contribution in [0.1, 0.15) is 85.0 Å². The fourth-order valence-corrected chi connectivity index (χ4v) is 4.66. The maximum atomic E-state index is 12.3. The summed E-state index contributed by atoms with van der Waals surface area (Å²) in [5, 5.41) is 6.16. The summed E-state index contributed by atoms with van der Waals surface area (Å²) in [6.07, 6.45) is 9.93. The van der Waals surface area contributed by atoms with Crippen molar-refractivity contribution in [1.82, 2.24) is 10.6 Å². The second-order valence-corrected chi connectivity index (χ2v) is 9.86. The summed E-state index contributed by atoms with van der Waals surface area (Å²) in [7, 11) is 0. The highest BCUT2D eigenvalue weighted by molar-refractivity contribution is 5.76. The number of carbonyl (C=O) groups excluding carboxylic acids is 2. The van der Waals surface area contributed by atoms with Gasteiger partial charge in [0, 0.05) is 13.0 Å². The van der Waals surface area contributed by atoms with Crippen LogP contribution in [0.15, 0.2) is 0 Å². The fraction of sp³-hybridized carbons (Fsp3) is 0.905. The number of hydrogen-bond donors (Lipinski definition) is 2. The van der Waals surface area contributed by atoms with Crippen molar-refractivity contribution in [3.05, 3.63) is 0 Å². The first-order valence-corrected chi connectivity index (χ1v) is 10.6. The summed E-state index contributed by atoms with van der Waals surface area (Å²) in [6.45, 7) is 6.67. The topological polar surface area (TPSA) is 76.7 Å². The molecule has 2 amide bonds. The van der Waals surface area contributed by atoms with E-state index in [1.165, 1.54) is 32.1 Å². The van der Waals surface area contributed by atoms with E-state index in [1.54, 1.807) is 0 Å². The summed E-state index contributed by atoms with van der Waals surface area (Å²) >= 11 is 0. The van der Waals surface area contributed by atoms with Gasteiger partial charge in [0.1, 0.15) is 5.60 Å². The molecule has 0 aromatic rings. The minimum absolute atomic E-state index is 0.161. The highest BCUT2D eigenvalue weighted by Gasteiger charge is 2.51. The minimum atomic E-state index is -0.503. The highest BCUT2D eigenvalue weighted by atomic mass is 16.6. The molecule has 0 aromatic heterocycles. The Labute approximate surface area is 163 Å². The van der Waals surface area contributed by atoms with Crippen LogP contribution in [0, 0.1) is 5.92 Å². The van der Waals surface area contributed by atoms with Gasteiger partial charge in [0.05, 0.1) is 17.7 Å². The average Bonchev–Trinajstić information content (AvgIpc) is 2.61. The second-order valence-electron chi connectivity index (χ2n) is 9.86. The smallest absolute Gasteiger partial charge is 0.408 e. The van der Waals surface area contributed by atoms with Gasteiger partial charge >= 0.3 is 6.09 Å². The standard InChI is InChI=1S/C21H36N2O4/c1-19(2,3)27-18(25)23-20-9-11-21(12-10-20,26-15-20)14-22-17(24)13-16-7-5-4-6-8-16/h16H,4-15H2,1-3H3,(H,22,24)(H,23,25). The van der Waals surface area contributed by atoms with Crippen LogP contribution in [-0.4, -0.2) is 41.9 Å². The Bertz CT molecular complexity index is 524. The van der Waals surface area contributed by atoms with Crippen molar-refractivity contribution in [3.8, 4) is 0 Å². The Morgan fingerprint density at radius 3 is 2.30 bits per heavy atom. The van der Waals surface area contributed by atoms with Crippen molar-refractivity contribution >= 4 is 12.0 Å². The van der Waals surface area contributed by atoms with Crippen LogP contribution in [0.3, 0.4) is 0 Å². The molecule has 4 fully saturated rings. The molecular weight excluding hydrogens is 344 g/mol. The van der Waals surface area contributed by atoms with E-state index < -0.39 is 5.60 Å². The first-order chi connectivity index (χ1) is 12.7. The number of rotatable bonds is 5. The summed E-state index contributed by atoms with van der Waals surface area (Å²) in [4.78, 5) is 24.5. The predicted molar refractivity (Wildman–Crippen MR) is 103 cm³/mol. The molecule has 0 atom stereocenters. The number of amides is 2. The number of nitrogens with one attached hydrogen (secondary N) is 2. The largest absolute Gasteiger partial charge is 0.444 e. The second kappa shape index (κ2) is 7.98. The molecule has 4 rings (SSSR count). The van der Waals surface area contributed by atoms with Crippen LogP contribution < -0.4 is 10.6 Å². The molecule has 2 bridgehead atoms.